The van der Waals surface area contributed by atoms with Crippen LogP contribution in [0, 0.1) is 18.3 Å². The van der Waals surface area contributed by atoms with Crippen molar-refractivity contribution in [3.8, 4) is 28.5 Å². The van der Waals surface area contributed by atoms with Gasteiger partial charge in [-0.3, -0.25) is 0 Å². The molecule has 1 aliphatic heterocycles. The molecule has 0 bridgehead atoms. The molecule has 0 saturated carbocycles. The van der Waals surface area contributed by atoms with Crippen molar-refractivity contribution in [2.75, 3.05) is 38.6 Å². The molecule has 1 saturated heterocycles. The van der Waals surface area contributed by atoms with Gasteiger partial charge in [-0.05, 0) is 18.6 Å². The van der Waals surface area contributed by atoms with Crippen LogP contribution in [0.25, 0.3) is 22.4 Å². The maximum atomic E-state index is 9.98. The Morgan fingerprint density at radius 2 is 1.77 bits per heavy atom. The number of pyridine rings is 1. The lowest BCUT2D eigenvalue weighted by molar-refractivity contribution is -0.905. The van der Waals surface area contributed by atoms with E-state index in [9.17, 15) is 5.26 Å². The quantitative estimate of drug-likeness (QED) is 0.624. The number of morpholine rings is 1. The third-order valence-electron chi connectivity index (χ3n) is 5.42. The lowest BCUT2D eigenvalue weighted by Gasteiger charge is -2.23. The lowest BCUT2D eigenvalue weighted by Crippen LogP contribution is -3.14. The van der Waals surface area contributed by atoms with Crippen molar-refractivity contribution in [3.63, 3.8) is 0 Å². The third-order valence-corrected chi connectivity index (χ3v) is 6.40. The number of quaternary nitrogens is 1. The molecule has 1 N–H and O–H groups in total. The van der Waals surface area contributed by atoms with Crippen molar-refractivity contribution < 1.29 is 9.64 Å². The highest BCUT2D eigenvalue weighted by Crippen LogP contribution is 2.34. The molecule has 0 unspecified atom stereocenters. The standard InChI is InChI=1S/C25H25N3OS/c1-19-7-9-21(10-8-19)24-17-22(20-5-3-2-4-6-20)23(18-26)25(27-24)30-16-13-28-11-14-29-15-12-28/h2-10,17H,11-16H2,1H3/p+1. The molecule has 0 radical (unpaired) electrons. The summed E-state index contributed by atoms with van der Waals surface area (Å²) >= 11 is 1.69. The summed E-state index contributed by atoms with van der Waals surface area (Å²) in [6.45, 7) is 6.91. The summed E-state index contributed by atoms with van der Waals surface area (Å²) in [7, 11) is 0. The Balaban J connectivity index is 1.68. The highest BCUT2D eigenvalue weighted by Gasteiger charge is 2.18. The van der Waals surface area contributed by atoms with Crippen LogP contribution in [0.2, 0.25) is 0 Å². The number of hydrogen-bond acceptors (Lipinski definition) is 4. The SMILES string of the molecule is Cc1ccc(-c2cc(-c3ccccc3)c(C#N)c(SCC[NH+]3CCOCC3)n2)cc1. The fourth-order valence-electron chi connectivity index (χ4n) is 3.65. The van der Waals surface area contributed by atoms with E-state index in [1.54, 1.807) is 16.7 Å². The van der Waals surface area contributed by atoms with Crippen LogP contribution in [0.4, 0.5) is 0 Å². The Morgan fingerprint density at radius 1 is 1.03 bits per heavy atom. The smallest absolute Gasteiger partial charge is 0.115 e. The van der Waals surface area contributed by atoms with E-state index in [2.05, 4.69) is 55.5 Å². The Morgan fingerprint density at radius 3 is 2.47 bits per heavy atom. The summed E-state index contributed by atoms with van der Waals surface area (Å²) in [6, 6.07) is 23.0. The molecule has 30 heavy (non-hydrogen) atoms. The number of thioether (sulfide) groups is 1. The molecule has 0 amide bonds. The molecule has 4 rings (SSSR count). The third kappa shape index (κ3) is 4.91. The van der Waals surface area contributed by atoms with Gasteiger partial charge in [0.25, 0.3) is 0 Å². The molecule has 1 fully saturated rings. The fourth-order valence-corrected chi connectivity index (χ4v) is 4.70. The van der Waals surface area contributed by atoms with E-state index >= 15 is 0 Å². The molecule has 1 aliphatic rings. The second-order valence-corrected chi connectivity index (χ2v) is 8.62. The van der Waals surface area contributed by atoms with E-state index in [1.807, 2.05) is 18.2 Å². The van der Waals surface area contributed by atoms with Crippen molar-refractivity contribution in [2.45, 2.75) is 11.9 Å². The molecule has 5 heteroatoms. The van der Waals surface area contributed by atoms with Crippen molar-refractivity contribution in [3.05, 3.63) is 71.8 Å². The molecular formula is C25H26N3OS+. The topological polar surface area (TPSA) is 50.4 Å². The summed E-state index contributed by atoms with van der Waals surface area (Å²) in [4.78, 5) is 6.48. The summed E-state index contributed by atoms with van der Waals surface area (Å²) in [5.74, 6) is 0.933. The number of rotatable bonds is 6. The van der Waals surface area contributed by atoms with Crippen LogP contribution < -0.4 is 4.90 Å². The number of aryl methyl sites for hydroxylation is 1. The zero-order valence-corrected chi connectivity index (χ0v) is 18.0. The summed E-state index contributed by atoms with van der Waals surface area (Å²) in [5.41, 5.74) is 5.87. The van der Waals surface area contributed by atoms with Gasteiger partial charge < -0.3 is 9.64 Å². The predicted molar refractivity (Wildman–Crippen MR) is 122 cm³/mol. The van der Waals surface area contributed by atoms with Gasteiger partial charge >= 0.3 is 0 Å². The minimum atomic E-state index is 0.666. The van der Waals surface area contributed by atoms with Gasteiger partial charge in [0.15, 0.2) is 0 Å². The molecule has 152 valence electrons. The van der Waals surface area contributed by atoms with Crippen molar-refractivity contribution in [2.24, 2.45) is 0 Å². The van der Waals surface area contributed by atoms with E-state index in [4.69, 9.17) is 9.72 Å². The first-order valence-corrected chi connectivity index (χ1v) is 11.3. The minimum absolute atomic E-state index is 0.666. The average Bonchev–Trinajstić information content (AvgIpc) is 2.80. The van der Waals surface area contributed by atoms with Crippen molar-refractivity contribution in [1.82, 2.24) is 4.98 Å². The van der Waals surface area contributed by atoms with E-state index in [1.165, 1.54) is 5.56 Å². The predicted octanol–water partition coefficient (Wildman–Crippen LogP) is 3.60. The normalized spacial score (nSPS) is 14.4. The van der Waals surface area contributed by atoms with Crippen LogP contribution in [0.3, 0.4) is 0 Å². The summed E-state index contributed by atoms with van der Waals surface area (Å²) in [5, 5.41) is 10.8. The van der Waals surface area contributed by atoms with Gasteiger partial charge in [-0.15, -0.1) is 0 Å². The van der Waals surface area contributed by atoms with Crippen LogP contribution >= 0.6 is 11.8 Å². The number of ether oxygens (including phenoxy) is 1. The van der Waals surface area contributed by atoms with Crippen LogP contribution in [0.1, 0.15) is 11.1 Å². The van der Waals surface area contributed by atoms with Gasteiger partial charge in [0.2, 0.25) is 0 Å². The number of aromatic nitrogens is 1. The molecule has 0 spiro atoms. The molecule has 3 aromatic rings. The number of nitrogens with one attached hydrogen (secondary N) is 1. The van der Waals surface area contributed by atoms with E-state index in [0.717, 1.165) is 66.0 Å². The second-order valence-electron chi connectivity index (χ2n) is 7.54. The van der Waals surface area contributed by atoms with Gasteiger partial charge in [-0.25, -0.2) is 4.98 Å². The Bertz CT molecular complexity index is 1020. The van der Waals surface area contributed by atoms with Crippen molar-refractivity contribution >= 4 is 11.8 Å². The molecule has 2 heterocycles. The summed E-state index contributed by atoms with van der Waals surface area (Å²) < 4.78 is 5.46. The maximum absolute atomic E-state index is 9.98. The Kier molecular flexibility index (Phi) is 6.81. The minimum Gasteiger partial charge on any atom is -0.370 e. The number of nitriles is 1. The molecule has 0 atom stereocenters. The van der Waals surface area contributed by atoms with Gasteiger partial charge in [0, 0.05) is 16.9 Å². The van der Waals surface area contributed by atoms with Crippen LogP contribution in [0.15, 0.2) is 65.7 Å². The monoisotopic (exact) mass is 416 g/mol. The molecule has 2 aromatic carbocycles. The first-order chi connectivity index (χ1) is 14.7. The van der Waals surface area contributed by atoms with Crippen LogP contribution in [-0.2, 0) is 4.74 Å². The van der Waals surface area contributed by atoms with Crippen LogP contribution in [0.5, 0.6) is 0 Å². The molecule has 4 nitrogen and oxygen atoms in total. The number of nitrogens with zero attached hydrogens (tertiary/aromatic N) is 2. The largest absolute Gasteiger partial charge is 0.370 e. The van der Waals surface area contributed by atoms with E-state index in [-0.39, 0.29) is 0 Å². The van der Waals surface area contributed by atoms with E-state index in [0.29, 0.717) is 5.56 Å². The number of benzene rings is 2. The first-order valence-electron chi connectivity index (χ1n) is 10.4. The average molecular weight is 417 g/mol. The van der Waals surface area contributed by atoms with E-state index < -0.39 is 0 Å². The van der Waals surface area contributed by atoms with Crippen molar-refractivity contribution in [1.29, 1.82) is 5.26 Å². The Hall–Kier alpha value is -2.65. The number of hydrogen-bond donors (Lipinski definition) is 1. The second kappa shape index (κ2) is 9.90. The Labute approximate surface area is 182 Å². The van der Waals surface area contributed by atoms with Gasteiger partial charge in [-0.1, -0.05) is 71.9 Å². The van der Waals surface area contributed by atoms with Gasteiger partial charge in [0.05, 0.1) is 31.0 Å². The van der Waals surface area contributed by atoms with Gasteiger partial charge in [0.1, 0.15) is 24.2 Å². The lowest BCUT2D eigenvalue weighted by atomic mass is 9.99. The first kappa shape index (κ1) is 20.6. The maximum Gasteiger partial charge on any atom is 0.115 e. The molecule has 1 aromatic heterocycles. The summed E-state index contributed by atoms with van der Waals surface area (Å²) in [6.07, 6.45) is 0. The molecule has 0 aliphatic carbocycles. The zero-order valence-electron chi connectivity index (χ0n) is 17.2. The highest BCUT2D eigenvalue weighted by molar-refractivity contribution is 7.99. The molecular weight excluding hydrogens is 390 g/mol. The zero-order chi connectivity index (χ0) is 20.8. The van der Waals surface area contributed by atoms with Crippen LogP contribution in [-0.4, -0.2) is 43.6 Å². The highest BCUT2D eigenvalue weighted by atomic mass is 32.2. The van der Waals surface area contributed by atoms with Gasteiger partial charge in [-0.2, -0.15) is 5.26 Å². The fraction of sp³-hybridized carbons (Fsp3) is 0.280.